The molecule has 0 aromatic heterocycles. The molecule has 0 aliphatic heterocycles. The van der Waals surface area contributed by atoms with Gasteiger partial charge in [0.05, 0.1) is 28.7 Å². The molecule has 7 heteroatoms. The second-order valence-corrected chi connectivity index (χ2v) is 4.74. The SMILES string of the molecule is O=[N+]([O-])c1cc(F)c(Cl)cc1NC(CO)c1ccccc1. The number of nitro groups is 1. The first-order chi connectivity index (χ1) is 10.0. The lowest BCUT2D eigenvalue weighted by molar-refractivity contribution is -0.384. The standard InChI is InChI=1S/C14H12ClFN2O3/c15-10-6-12(14(18(20)21)7-11(10)16)17-13(8-19)9-4-2-1-3-5-9/h1-7,13,17,19H,8H2. The largest absolute Gasteiger partial charge is 0.394 e. The Morgan fingerprint density at radius 2 is 2.00 bits per heavy atom. The number of benzene rings is 2. The Hall–Kier alpha value is -2.18. The summed E-state index contributed by atoms with van der Waals surface area (Å²) in [7, 11) is 0. The van der Waals surface area contributed by atoms with Gasteiger partial charge in [-0.1, -0.05) is 41.9 Å². The zero-order chi connectivity index (χ0) is 15.4. The minimum absolute atomic E-state index is 0.0503. The molecule has 0 aliphatic carbocycles. The third kappa shape index (κ3) is 3.48. The van der Waals surface area contributed by atoms with E-state index in [1.54, 1.807) is 24.3 Å². The van der Waals surface area contributed by atoms with E-state index in [9.17, 15) is 19.6 Å². The molecule has 0 heterocycles. The molecule has 110 valence electrons. The summed E-state index contributed by atoms with van der Waals surface area (Å²) >= 11 is 5.66. The highest BCUT2D eigenvalue weighted by atomic mass is 35.5. The predicted molar refractivity (Wildman–Crippen MR) is 78.0 cm³/mol. The van der Waals surface area contributed by atoms with Gasteiger partial charge in [-0.15, -0.1) is 0 Å². The molecular formula is C14H12ClFN2O3. The van der Waals surface area contributed by atoms with Crippen LogP contribution in [0.3, 0.4) is 0 Å². The number of hydrogen-bond donors (Lipinski definition) is 2. The normalized spacial score (nSPS) is 12.0. The van der Waals surface area contributed by atoms with E-state index >= 15 is 0 Å². The van der Waals surface area contributed by atoms with Crippen LogP contribution in [0.15, 0.2) is 42.5 Å². The van der Waals surface area contributed by atoms with Crippen LogP contribution in [-0.2, 0) is 0 Å². The van der Waals surface area contributed by atoms with Crippen molar-refractivity contribution in [1.29, 1.82) is 0 Å². The van der Waals surface area contributed by atoms with E-state index in [1.807, 2.05) is 6.07 Å². The van der Waals surface area contributed by atoms with Gasteiger partial charge in [-0.25, -0.2) is 4.39 Å². The number of anilines is 1. The molecule has 0 radical (unpaired) electrons. The van der Waals surface area contributed by atoms with E-state index in [-0.39, 0.29) is 17.3 Å². The van der Waals surface area contributed by atoms with Gasteiger partial charge in [0, 0.05) is 0 Å². The molecule has 1 atom stereocenters. The summed E-state index contributed by atoms with van der Waals surface area (Å²) in [6, 6.07) is 10.2. The van der Waals surface area contributed by atoms with Gasteiger partial charge in [-0.2, -0.15) is 0 Å². The second-order valence-electron chi connectivity index (χ2n) is 4.33. The molecule has 21 heavy (non-hydrogen) atoms. The van der Waals surface area contributed by atoms with Gasteiger partial charge >= 0.3 is 0 Å². The molecule has 0 saturated heterocycles. The molecule has 1 unspecified atom stereocenters. The highest BCUT2D eigenvalue weighted by Gasteiger charge is 2.20. The third-order valence-electron chi connectivity index (χ3n) is 2.95. The molecule has 5 nitrogen and oxygen atoms in total. The summed E-state index contributed by atoms with van der Waals surface area (Å²) < 4.78 is 13.3. The van der Waals surface area contributed by atoms with Crippen molar-refractivity contribution in [3.8, 4) is 0 Å². The van der Waals surface area contributed by atoms with Crippen molar-refractivity contribution in [2.24, 2.45) is 0 Å². The van der Waals surface area contributed by atoms with E-state index in [2.05, 4.69) is 5.32 Å². The van der Waals surface area contributed by atoms with E-state index in [1.165, 1.54) is 0 Å². The van der Waals surface area contributed by atoms with Gasteiger partial charge < -0.3 is 10.4 Å². The monoisotopic (exact) mass is 310 g/mol. The molecule has 2 aromatic carbocycles. The maximum absolute atomic E-state index is 13.3. The Bertz CT molecular complexity index is 652. The summed E-state index contributed by atoms with van der Waals surface area (Å²) in [4.78, 5) is 10.3. The Balaban J connectivity index is 2.37. The van der Waals surface area contributed by atoms with Crippen molar-refractivity contribution in [1.82, 2.24) is 0 Å². The number of nitrogens with one attached hydrogen (secondary N) is 1. The zero-order valence-corrected chi connectivity index (χ0v) is 11.5. The molecule has 2 aromatic rings. The molecule has 2 N–H and O–H groups in total. The number of hydrogen-bond acceptors (Lipinski definition) is 4. The average molecular weight is 311 g/mol. The van der Waals surface area contributed by atoms with Crippen LogP contribution in [0.4, 0.5) is 15.8 Å². The fourth-order valence-electron chi connectivity index (χ4n) is 1.91. The Labute approximate surface area is 125 Å². The van der Waals surface area contributed by atoms with Gasteiger partial charge in [0.15, 0.2) is 0 Å². The van der Waals surface area contributed by atoms with Crippen molar-refractivity contribution in [3.63, 3.8) is 0 Å². The maximum atomic E-state index is 13.3. The fraction of sp³-hybridized carbons (Fsp3) is 0.143. The van der Waals surface area contributed by atoms with Gasteiger partial charge in [0.2, 0.25) is 0 Å². The summed E-state index contributed by atoms with van der Waals surface area (Å²) in [6.07, 6.45) is 0. The Morgan fingerprint density at radius 1 is 1.33 bits per heavy atom. The highest BCUT2D eigenvalue weighted by Crippen LogP contribution is 2.32. The van der Waals surface area contributed by atoms with Gasteiger partial charge in [0.25, 0.3) is 5.69 Å². The van der Waals surface area contributed by atoms with E-state index in [0.29, 0.717) is 0 Å². The van der Waals surface area contributed by atoms with Crippen molar-refractivity contribution in [3.05, 3.63) is 69.0 Å². The minimum atomic E-state index is -0.867. The minimum Gasteiger partial charge on any atom is -0.394 e. The Morgan fingerprint density at radius 3 is 2.57 bits per heavy atom. The number of nitro benzene ring substituents is 1. The van der Waals surface area contributed by atoms with Crippen molar-refractivity contribution in [2.75, 3.05) is 11.9 Å². The number of aliphatic hydroxyl groups is 1. The van der Waals surface area contributed by atoms with Crippen LogP contribution in [0.1, 0.15) is 11.6 Å². The van der Waals surface area contributed by atoms with Crippen LogP contribution < -0.4 is 5.32 Å². The lowest BCUT2D eigenvalue weighted by Crippen LogP contribution is -2.15. The predicted octanol–water partition coefficient (Wildman–Crippen LogP) is 3.53. The highest BCUT2D eigenvalue weighted by molar-refractivity contribution is 6.31. The molecule has 0 bridgehead atoms. The van der Waals surface area contributed by atoms with E-state index < -0.39 is 22.5 Å². The molecule has 2 rings (SSSR count). The number of rotatable bonds is 5. The van der Waals surface area contributed by atoms with Crippen LogP contribution >= 0.6 is 11.6 Å². The van der Waals surface area contributed by atoms with Gasteiger partial charge in [-0.05, 0) is 11.6 Å². The van der Waals surface area contributed by atoms with Crippen molar-refractivity contribution in [2.45, 2.75) is 6.04 Å². The van der Waals surface area contributed by atoms with Crippen molar-refractivity contribution >= 4 is 23.0 Å². The van der Waals surface area contributed by atoms with Crippen molar-refractivity contribution < 1.29 is 14.4 Å². The van der Waals surface area contributed by atoms with Crippen LogP contribution in [-0.4, -0.2) is 16.6 Å². The van der Waals surface area contributed by atoms with E-state index in [0.717, 1.165) is 17.7 Å². The average Bonchev–Trinajstić information content (AvgIpc) is 2.48. The molecule has 0 aliphatic rings. The smallest absolute Gasteiger partial charge is 0.295 e. The van der Waals surface area contributed by atoms with E-state index in [4.69, 9.17) is 11.6 Å². The number of nitrogens with zero attached hydrogens (tertiary/aromatic N) is 1. The topological polar surface area (TPSA) is 75.4 Å². The fourth-order valence-corrected chi connectivity index (χ4v) is 2.07. The summed E-state index contributed by atoms with van der Waals surface area (Å²) in [5, 5.41) is 23.0. The number of halogens is 2. The number of aliphatic hydroxyl groups excluding tert-OH is 1. The lowest BCUT2D eigenvalue weighted by atomic mass is 10.1. The van der Waals surface area contributed by atoms with Crippen LogP contribution in [0.2, 0.25) is 5.02 Å². The van der Waals surface area contributed by atoms with Crippen LogP contribution in [0, 0.1) is 15.9 Å². The van der Waals surface area contributed by atoms with Crippen LogP contribution in [0.5, 0.6) is 0 Å². The molecule has 0 spiro atoms. The first kappa shape index (κ1) is 15.2. The lowest BCUT2D eigenvalue weighted by Gasteiger charge is -2.18. The quantitative estimate of drug-likeness (QED) is 0.654. The first-order valence-corrected chi connectivity index (χ1v) is 6.46. The molecule has 0 saturated carbocycles. The summed E-state index contributed by atoms with van der Waals surface area (Å²) in [5.41, 5.74) is 0.357. The maximum Gasteiger partial charge on any atom is 0.295 e. The molecule has 0 amide bonds. The molecular weight excluding hydrogens is 299 g/mol. The summed E-state index contributed by atoms with van der Waals surface area (Å²) in [5.74, 6) is -0.867. The van der Waals surface area contributed by atoms with Crippen LogP contribution in [0.25, 0.3) is 0 Å². The Kier molecular flexibility index (Phi) is 4.72. The molecule has 0 fully saturated rings. The van der Waals surface area contributed by atoms with Gasteiger partial charge in [-0.3, -0.25) is 10.1 Å². The zero-order valence-electron chi connectivity index (χ0n) is 10.8. The third-order valence-corrected chi connectivity index (χ3v) is 3.24. The second kappa shape index (κ2) is 6.51. The summed E-state index contributed by atoms with van der Waals surface area (Å²) in [6.45, 7) is -0.282. The van der Waals surface area contributed by atoms with Gasteiger partial charge in [0.1, 0.15) is 11.5 Å². The first-order valence-electron chi connectivity index (χ1n) is 6.08.